The minimum atomic E-state index is -0.228. The average Bonchev–Trinajstić information content (AvgIpc) is 2.36. The Balaban J connectivity index is 2.47. The van der Waals surface area contributed by atoms with Gasteiger partial charge in [0.05, 0.1) is 18.0 Å². The third-order valence-electron chi connectivity index (χ3n) is 2.83. The molecule has 0 amide bonds. The summed E-state index contributed by atoms with van der Waals surface area (Å²) in [5, 5.41) is 0. The lowest BCUT2D eigenvalue weighted by molar-refractivity contribution is 0.241. The third kappa shape index (κ3) is 3.90. The molecule has 21 heavy (non-hydrogen) atoms. The molecule has 0 saturated carbocycles. The Hall–Kier alpha value is -2.17. The van der Waals surface area contributed by atoms with Crippen LogP contribution in [0, 0.1) is 0 Å². The summed E-state index contributed by atoms with van der Waals surface area (Å²) in [6, 6.07) is 3.33. The highest BCUT2D eigenvalue weighted by atomic mass is 16.5. The standard InChI is InChI=1S/C16H21N3O2/c1-10(2)21-12-6-11(8-17-9-12)13-7-14(20)19-15(18-13)16(3,4)5/h6-10H,1-5H3,(H,18,19,20). The lowest BCUT2D eigenvalue weighted by atomic mass is 9.95. The molecule has 0 saturated heterocycles. The number of hydrogen-bond donors (Lipinski definition) is 1. The van der Waals surface area contributed by atoms with Gasteiger partial charge in [0.15, 0.2) is 0 Å². The molecule has 2 aromatic rings. The lowest BCUT2D eigenvalue weighted by Gasteiger charge is -2.17. The molecule has 112 valence electrons. The van der Waals surface area contributed by atoms with Gasteiger partial charge in [0.1, 0.15) is 11.6 Å². The first-order chi connectivity index (χ1) is 9.75. The highest BCUT2D eigenvalue weighted by Crippen LogP contribution is 2.23. The SMILES string of the molecule is CC(C)Oc1cncc(-c2cc(=O)[nH]c(C(C)(C)C)n2)c1. The second kappa shape index (κ2) is 5.68. The second-order valence-corrected chi connectivity index (χ2v) is 6.31. The van der Waals surface area contributed by atoms with E-state index >= 15 is 0 Å². The van der Waals surface area contributed by atoms with Gasteiger partial charge in [0, 0.05) is 23.2 Å². The first kappa shape index (κ1) is 15.2. The van der Waals surface area contributed by atoms with Crippen LogP contribution in [0.5, 0.6) is 5.75 Å². The van der Waals surface area contributed by atoms with Crippen molar-refractivity contribution in [1.82, 2.24) is 15.0 Å². The van der Waals surface area contributed by atoms with Crippen LogP contribution in [0.25, 0.3) is 11.3 Å². The zero-order valence-electron chi connectivity index (χ0n) is 13.1. The number of H-pyrrole nitrogens is 1. The van der Waals surface area contributed by atoms with Gasteiger partial charge in [0.2, 0.25) is 0 Å². The fraction of sp³-hybridized carbons (Fsp3) is 0.438. The number of rotatable bonds is 3. The van der Waals surface area contributed by atoms with Crippen molar-refractivity contribution in [3.63, 3.8) is 0 Å². The van der Waals surface area contributed by atoms with Crippen molar-refractivity contribution in [3.05, 3.63) is 40.7 Å². The van der Waals surface area contributed by atoms with Gasteiger partial charge < -0.3 is 9.72 Å². The van der Waals surface area contributed by atoms with E-state index < -0.39 is 0 Å². The van der Waals surface area contributed by atoms with E-state index in [0.29, 0.717) is 17.3 Å². The van der Waals surface area contributed by atoms with Gasteiger partial charge in [-0.15, -0.1) is 0 Å². The summed E-state index contributed by atoms with van der Waals surface area (Å²) >= 11 is 0. The fourth-order valence-corrected chi connectivity index (χ4v) is 1.86. The third-order valence-corrected chi connectivity index (χ3v) is 2.83. The van der Waals surface area contributed by atoms with Gasteiger partial charge in [0.25, 0.3) is 5.56 Å². The second-order valence-electron chi connectivity index (χ2n) is 6.31. The molecule has 0 atom stereocenters. The molecule has 5 heteroatoms. The maximum atomic E-state index is 11.8. The van der Waals surface area contributed by atoms with Crippen molar-refractivity contribution in [3.8, 4) is 17.0 Å². The van der Waals surface area contributed by atoms with Crippen molar-refractivity contribution in [1.29, 1.82) is 0 Å². The summed E-state index contributed by atoms with van der Waals surface area (Å²) in [5.41, 5.74) is 0.976. The Morgan fingerprint density at radius 3 is 2.52 bits per heavy atom. The first-order valence-electron chi connectivity index (χ1n) is 6.99. The molecule has 0 bridgehead atoms. The largest absolute Gasteiger partial charge is 0.489 e. The maximum absolute atomic E-state index is 11.8. The summed E-state index contributed by atoms with van der Waals surface area (Å²) < 4.78 is 5.63. The molecule has 2 aromatic heterocycles. The van der Waals surface area contributed by atoms with Crippen LogP contribution >= 0.6 is 0 Å². The van der Waals surface area contributed by atoms with E-state index in [1.807, 2.05) is 40.7 Å². The van der Waals surface area contributed by atoms with E-state index in [2.05, 4.69) is 15.0 Å². The molecule has 0 aromatic carbocycles. The van der Waals surface area contributed by atoms with Crippen LogP contribution in [0.2, 0.25) is 0 Å². The molecule has 2 rings (SSSR count). The maximum Gasteiger partial charge on any atom is 0.251 e. The number of nitrogens with zero attached hydrogens (tertiary/aromatic N) is 2. The summed E-state index contributed by atoms with van der Waals surface area (Å²) in [6.07, 6.45) is 3.40. The van der Waals surface area contributed by atoms with E-state index in [9.17, 15) is 4.79 Å². The molecule has 5 nitrogen and oxygen atoms in total. The number of aromatic nitrogens is 3. The predicted molar refractivity (Wildman–Crippen MR) is 82.6 cm³/mol. The molecule has 0 aliphatic carbocycles. The quantitative estimate of drug-likeness (QED) is 0.942. The molecule has 0 spiro atoms. The van der Waals surface area contributed by atoms with Gasteiger partial charge in [-0.1, -0.05) is 20.8 Å². The monoisotopic (exact) mass is 287 g/mol. The molecule has 0 unspecified atom stereocenters. The van der Waals surface area contributed by atoms with Crippen LogP contribution < -0.4 is 10.3 Å². The fourth-order valence-electron chi connectivity index (χ4n) is 1.86. The highest BCUT2D eigenvalue weighted by molar-refractivity contribution is 5.59. The molecule has 1 N–H and O–H groups in total. The topological polar surface area (TPSA) is 67.9 Å². The number of pyridine rings is 1. The minimum absolute atomic E-state index is 0.0688. The molecule has 0 aliphatic heterocycles. The van der Waals surface area contributed by atoms with E-state index in [0.717, 1.165) is 5.56 Å². The Labute approximate surface area is 124 Å². The van der Waals surface area contributed by atoms with Gasteiger partial charge in [-0.05, 0) is 19.9 Å². The van der Waals surface area contributed by atoms with Gasteiger partial charge in [-0.2, -0.15) is 0 Å². The lowest BCUT2D eigenvalue weighted by Crippen LogP contribution is -2.21. The Kier molecular flexibility index (Phi) is 4.11. The normalized spacial score (nSPS) is 11.7. The zero-order valence-corrected chi connectivity index (χ0v) is 13.1. The van der Waals surface area contributed by atoms with E-state index in [1.54, 1.807) is 12.4 Å². The number of ether oxygens (including phenoxy) is 1. The van der Waals surface area contributed by atoms with Crippen molar-refractivity contribution in [2.75, 3.05) is 0 Å². The highest BCUT2D eigenvalue weighted by Gasteiger charge is 2.18. The van der Waals surface area contributed by atoms with Gasteiger partial charge in [-0.3, -0.25) is 9.78 Å². The van der Waals surface area contributed by atoms with Crippen LogP contribution in [0.3, 0.4) is 0 Å². The van der Waals surface area contributed by atoms with Crippen LogP contribution in [-0.4, -0.2) is 21.1 Å². The van der Waals surface area contributed by atoms with Crippen molar-refractivity contribution < 1.29 is 4.74 Å². The van der Waals surface area contributed by atoms with E-state index in [-0.39, 0.29) is 17.1 Å². The number of aromatic amines is 1. The Morgan fingerprint density at radius 1 is 1.19 bits per heavy atom. The number of nitrogens with one attached hydrogen (secondary N) is 1. The molecule has 0 radical (unpaired) electrons. The molecular formula is C16H21N3O2. The molecule has 0 fully saturated rings. The molecule has 2 heterocycles. The van der Waals surface area contributed by atoms with Gasteiger partial charge in [-0.25, -0.2) is 4.98 Å². The summed E-state index contributed by atoms with van der Waals surface area (Å²) in [6.45, 7) is 9.93. The van der Waals surface area contributed by atoms with Crippen LogP contribution in [0.4, 0.5) is 0 Å². The number of hydrogen-bond acceptors (Lipinski definition) is 4. The zero-order chi connectivity index (χ0) is 15.6. The van der Waals surface area contributed by atoms with Gasteiger partial charge >= 0.3 is 0 Å². The average molecular weight is 287 g/mol. The minimum Gasteiger partial charge on any atom is -0.489 e. The predicted octanol–water partition coefficient (Wildman–Crippen LogP) is 2.92. The summed E-state index contributed by atoms with van der Waals surface area (Å²) in [7, 11) is 0. The molecule has 0 aliphatic rings. The van der Waals surface area contributed by atoms with Crippen LogP contribution in [-0.2, 0) is 5.41 Å². The van der Waals surface area contributed by atoms with Crippen LogP contribution in [0.15, 0.2) is 29.3 Å². The Bertz CT molecular complexity index is 684. The molecular weight excluding hydrogens is 266 g/mol. The van der Waals surface area contributed by atoms with Crippen molar-refractivity contribution in [2.24, 2.45) is 0 Å². The van der Waals surface area contributed by atoms with Crippen molar-refractivity contribution in [2.45, 2.75) is 46.1 Å². The smallest absolute Gasteiger partial charge is 0.251 e. The summed E-state index contributed by atoms with van der Waals surface area (Å²) in [5.74, 6) is 1.32. The first-order valence-corrected chi connectivity index (χ1v) is 6.99. The van der Waals surface area contributed by atoms with E-state index in [1.165, 1.54) is 6.07 Å². The van der Waals surface area contributed by atoms with Crippen LogP contribution in [0.1, 0.15) is 40.4 Å². The van der Waals surface area contributed by atoms with E-state index in [4.69, 9.17) is 4.74 Å². The van der Waals surface area contributed by atoms with Crippen molar-refractivity contribution >= 4 is 0 Å². The Morgan fingerprint density at radius 2 is 1.90 bits per heavy atom. The summed E-state index contributed by atoms with van der Waals surface area (Å²) in [4.78, 5) is 23.3.